The summed E-state index contributed by atoms with van der Waals surface area (Å²) < 4.78 is 5.09. The number of piperidine rings is 2. The number of H-pyrrole nitrogens is 1. The van der Waals surface area contributed by atoms with E-state index in [1.807, 2.05) is 12.4 Å². The molecule has 0 amide bonds. The van der Waals surface area contributed by atoms with Gasteiger partial charge in [0.1, 0.15) is 5.82 Å². The number of anilines is 1. The molecule has 15 nitrogen and oxygen atoms in total. The molecule has 0 saturated carbocycles. The van der Waals surface area contributed by atoms with Crippen LogP contribution in [0.25, 0.3) is 0 Å². The molecule has 2 aliphatic heterocycles. The Bertz CT molecular complexity index is 1260. The molecule has 0 spiro atoms. The standard InChI is InChI=1S/C22H32N6O2.C6H8O7/c1-30-11-7-20-23-13-17(14-24-20)15-27-8-5-6-18(16-27)19-12-21(29)26-22(25-19)28-9-3-2-4-10-28;7-3(8)1-6(13,5(11)12)2-4(9)10/h12-14,18H,2-11,15-16H2,1H3,(H,25,26,29);13H,1-2H2,(H,7,8)(H,9,10)(H,11,12). The van der Waals surface area contributed by atoms with E-state index in [2.05, 4.69) is 24.8 Å². The zero-order valence-corrected chi connectivity index (χ0v) is 24.3. The Morgan fingerprint density at radius 1 is 1.02 bits per heavy atom. The van der Waals surface area contributed by atoms with Crippen molar-refractivity contribution < 1.29 is 39.5 Å². The predicted octanol–water partition coefficient (Wildman–Crippen LogP) is 0.870. The Labute approximate surface area is 248 Å². The van der Waals surface area contributed by atoms with E-state index >= 15 is 0 Å². The maximum Gasteiger partial charge on any atom is 0.336 e. The van der Waals surface area contributed by atoms with E-state index in [9.17, 15) is 19.2 Å². The lowest BCUT2D eigenvalue weighted by atomic mass is 9.94. The van der Waals surface area contributed by atoms with Crippen molar-refractivity contribution in [2.75, 3.05) is 44.8 Å². The Kier molecular flexibility index (Phi) is 12.5. The molecule has 2 aromatic rings. The summed E-state index contributed by atoms with van der Waals surface area (Å²) in [5, 5.41) is 33.8. The highest BCUT2D eigenvalue weighted by atomic mass is 16.5. The minimum absolute atomic E-state index is 0.0438. The number of nitrogens with one attached hydrogen (secondary N) is 1. The number of carboxylic acids is 3. The number of hydrogen-bond acceptors (Lipinski definition) is 11. The first-order valence-electron chi connectivity index (χ1n) is 14.3. The highest BCUT2D eigenvalue weighted by Crippen LogP contribution is 2.27. The van der Waals surface area contributed by atoms with Crippen LogP contribution < -0.4 is 10.5 Å². The van der Waals surface area contributed by atoms with Gasteiger partial charge in [-0.05, 0) is 38.6 Å². The zero-order chi connectivity index (χ0) is 31.4. The van der Waals surface area contributed by atoms with Crippen LogP contribution in [0.1, 0.15) is 67.9 Å². The average Bonchev–Trinajstić information content (AvgIpc) is 2.96. The number of aliphatic hydroxyl groups is 1. The van der Waals surface area contributed by atoms with Gasteiger partial charge in [-0.2, -0.15) is 0 Å². The van der Waals surface area contributed by atoms with Gasteiger partial charge < -0.3 is 30.1 Å². The predicted molar refractivity (Wildman–Crippen MR) is 153 cm³/mol. The second-order valence-corrected chi connectivity index (χ2v) is 10.8. The third kappa shape index (κ3) is 10.7. The molecule has 0 bridgehead atoms. The Hall–Kier alpha value is -3.95. The third-order valence-corrected chi connectivity index (χ3v) is 7.31. The first kappa shape index (κ1) is 33.6. The van der Waals surface area contributed by atoms with Crippen molar-refractivity contribution in [3.8, 4) is 0 Å². The van der Waals surface area contributed by atoms with Crippen molar-refractivity contribution >= 4 is 23.9 Å². The summed E-state index contributed by atoms with van der Waals surface area (Å²) in [7, 11) is 1.69. The molecule has 43 heavy (non-hydrogen) atoms. The number of ether oxygens (including phenoxy) is 1. The second kappa shape index (κ2) is 16.0. The fraction of sp³-hybridized carbons (Fsp3) is 0.607. The molecule has 0 aromatic carbocycles. The molecule has 4 rings (SSSR count). The number of carboxylic acid groups (broad SMARTS) is 3. The van der Waals surface area contributed by atoms with Crippen molar-refractivity contribution in [3.05, 3.63) is 45.9 Å². The van der Waals surface area contributed by atoms with Crippen molar-refractivity contribution in [3.63, 3.8) is 0 Å². The summed E-state index contributed by atoms with van der Waals surface area (Å²) in [6.07, 6.45) is 8.04. The van der Waals surface area contributed by atoms with Crippen molar-refractivity contribution in [1.82, 2.24) is 24.8 Å². The van der Waals surface area contributed by atoms with Gasteiger partial charge in [0, 0.05) is 69.7 Å². The van der Waals surface area contributed by atoms with Crippen LogP contribution in [0.5, 0.6) is 0 Å². The van der Waals surface area contributed by atoms with E-state index in [-0.39, 0.29) is 11.5 Å². The van der Waals surface area contributed by atoms with Crippen molar-refractivity contribution in [1.29, 1.82) is 0 Å². The van der Waals surface area contributed by atoms with Crippen LogP contribution in [-0.4, -0.2) is 109 Å². The number of aromatic nitrogens is 4. The van der Waals surface area contributed by atoms with E-state index in [1.165, 1.54) is 6.42 Å². The van der Waals surface area contributed by atoms with Crippen LogP contribution in [0.4, 0.5) is 5.95 Å². The maximum absolute atomic E-state index is 12.3. The topological polar surface area (TPSA) is 219 Å². The van der Waals surface area contributed by atoms with Gasteiger partial charge in [0.15, 0.2) is 5.60 Å². The molecule has 0 radical (unpaired) electrons. The second-order valence-electron chi connectivity index (χ2n) is 10.8. The molecule has 2 aliphatic rings. The first-order valence-corrected chi connectivity index (χ1v) is 14.3. The lowest BCUT2D eigenvalue weighted by Gasteiger charge is -2.33. The normalized spacial score (nSPS) is 17.5. The van der Waals surface area contributed by atoms with Crippen molar-refractivity contribution in [2.45, 2.75) is 69.4 Å². The number of likely N-dealkylation sites (tertiary alicyclic amines) is 1. The smallest absolute Gasteiger partial charge is 0.336 e. The first-order chi connectivity index (χ1) is 20.5. The molecule has 236 valence electrons. The molecule has 2 saturated heterocycles. The fourth-order valence-electron chi connectivity index (χ4n) is 5.13. The van der Waals surface area contributed by atoms with Crippen LogP contribution in [0.15, 0.2) is 23.3 Å². The Morgan fingerprint density at radius 3 is 2.26 bits per heavy atom. The number of nitrogens with zero attached hydrogens (tertiary/aromatic N) is 5. The Balaban J connectivity index is 0.000000331. The quantitative estimate of drug-likeness (QED) is 0.227. The van der Waals surface area contributed by atoms with Crippen LogP contribution >= 0.6 is 0 Å². The average molecular weight is 605 g/mol. The molecule has 1 unspecified atom stereocenters. The van der Waals surface area contributed by atoms with E-state index in [4.69, 9.17) is 30.1 Å². The minimum Gasteiger partial charge on any atom is -0.481 e. The minimum atomic E-state index is -2.74. The highest BCUT2D eigenvalue weighted by molar-refractivity contribution is 5.88. The van der Waals surface area contributed by atoms with Gasteiger partial charge in [-0.1, -0.05) is 0 Å². The van der Waals surface area contributed by atoms with Gasteiger partial charge in [-0.15, -0.1) is 0 Å². The molecular formula is C28H40N6O9. The number of aliphatic carboxylic acids is 3. The molecule has 4 heterocycles. The summed E-state index contributed by atoms with van der Waals surface area (Å²) in [5.74, 6) is -3.18. The van der Waals surface area contributed by atoms with Crippen LogP contribution in [0, 0.1) is 0 Å². The lowest BCUT2D eigenvalue weighted by molar-refractivity contribution is -0.170. The van der Waals surface area contributed by atoms with Gasteiger partial charge in [-0.25, -0.2) is 19.7 Å². The molecule has 2 aromatic heterocycles. The molecule has 0 aliphatic carbocycles. The summed E-state index contributed by atoms with van der Waals surface area (Å²) in [6.45, 7) is 5.36. The molecule has 1 atom stereocenters. The Morgan fingerprint density at radius 2 is 1.67 bits per heavy atom. The number of carbonyl (C=O) groups is 3. The molecule has 15 heteroatoms. The van der Waals surface area contributed by atoms with E-state index in [1.54, 1.807) is 13.2 Å². The van der Waals surface area contributed by atoms with Crippen LogP contribution in [0.2, 0.25) is 0 Å². The monoisotopic (exact) mass is 604 g/mol. The van der Waals surface area contributed by atoms with Gasteiger partial charge in [0.25, 0.3) is 5.56 Å². The van der Waals surface area contributed by atoms with Crippen LogP contribution in [0.3, 0.4) is 0 Å². The summed E-state index contributed by atoms with van der Waals surface area (Å²) in [5.41, 5.74) is -0.741. The molecular weight excluding hydrogens is 564 g/mol. The summed E-state index contributed by atoms with van der Waals surface area (Å²) in [6, 6.07) is 1.69. The summed E-state index contributed by atoms with van der Waals surface area (Å²) in [4.78, 5) is 64.2. The number of aromatic amines is 1. The van der Waals surface area contributed by atoms with Crippen molar-refractivity contribution in [2.24, 2.45) is 0 Å². The van der Waals surface area contributed by atoms with Gasteiger partial charge in [0.05, 0.1) is 25.1 Å². The number of methoxy groups -OCH3 is 1. The van der Waals surface area contributed by atoms with Gasteiger partial charge in [0.2, 0.25) is 5.95 Å². The fourth-order valence-corrected chi connectivity index (χ4v) is 5.13. The SMILES string of the molecule is COCCc1ncc(CN2CCCC(c3cc(=O)[nH]c(N4CCCCC4)n3)C2)cn1.O=C(O)CC(O)(CC(=O)O)C(=O)O. The van der Waals surface area contributed by atoms with Gasteiger partial charge in [-0.3, -0.25) is 24.3 Å². The summed E-state index contributed by atoms with van der Waals surface area (Å²) >= 11 is 0. The molecule has 2 fully saturated rings. The van der Waals surface area contributed by atoms with E-state index in [0.29, 0.717) is 6.61 Å². The number of rotatable bonds is 12. The largest absolute Gasteiger partial charge is 0.481 e. The third-order valence-electron chi connectivity index (χ3n) is 7.31. The highest BCUT2D eigenvalue weighted by Gasteiger charge is 2.40. The lowest BCUT2D eigenvalue weighted by Crippen LogP contribution is -2.42. The number of hydrogen-bond donors (Lipinski definition) is 5. The zero-order valence-electron chi connectivity index (χ0n) is 24.3. The van der Waals surface area contributed by atoms with E-state index < -0.39 is 36.4 Å². The van der Waals surface area contributed by atoms with E-state index in [0.717, 1.165) is 87.9 Å². The van der Waals surface area contributed by atoms with Gasteiger partial charge >= 0.3 is 17.9 Å². The van der Waals surface area contributed by atoms with Crippen LogP contribution in [-0.2, 0) is 32.1 Å². The maximum atomic E-state index is 12.3. The molecule has 5 N–H and O–H groups in total.